The first-order chi connectivity index (χ1) is 8.25. The summed E-state index contributed by atoms with van der Waals surface area (Å²) >= 11 is 3.50. The summed E-state index contributed by atoms with van der Waals surface area (Å²) in [5.74, 6) is 1.06. The van der Waals surface area contributed by atoms with Gasteiger partial charge in [0.05, 0.1) is 6.04 Å². The standard InChI is InChI=1S/C12H15BrN4/c1-16-7-3-2-4-10(16)12-15-14-11-6-5-9(13)8-17(11)12/h5-6,8,10H,2-4,7H2,1H3. The molecule has 0 bridgehead atoms. The van der Waals surface area contributed by atoms with Crippen LogP contribution in [0, 0.1) is 0 Å². The van der Waals surface area contributed by atoms with E-state index >= 15 is 0 Å². The molecule has 3 heterocycles. The summed E-state index contributed by atoms with van der Waals surface area (Å²) < 4.78 is 3.15. The van der Waals surface area contributed by atoms with Gasteiger partial charge in [0.25, 0.3) is 0 Å². The molecule has 17 heavy (non-hydrogen) atoms. The highest BCUT2D eigenvalue weighted by atomic mass is 79.9. The van der Waals surface area contributed by atoms with Crippen molar-refractivity contribution in [3.8, 4) is 0 Å². The van der Waals surface area contributed by atoms with Gasteiger partial charge in [0, 0.05) is 10.7 Å². The molecule has 1 aliphatic heterocycles. The number of pyridine rings is 1. The first-order valence-electron chi connectivity index (χ1n) is 5.96. The van der Waals surface area contributed by atoms with Crippen LogP contribution in [0.3, 0.4) is 0 Å². The number of fused-ring (bicyclic) bond motifs is 1. The second-order valence-electron chi connectivity index (χ2n) is 4.63. The molecule has 0 aliphatic carbocycles. The SMILES string of the molecule is CN1CCCCC1c1nnc2ccc(Br)cn12. The molecule has 2 aromatic rings. The van der Waals surface area contributed by atoms with Gasteiger partial charge in [-0.15, -0.1) is 10.2 Å². The maximum atomic E-state index is 4.36. The van der Waals surface area contributed by atoms with Crippen LogP contribution in [-0.4, -0.2) is 33.1 Å². The van der Waals surface area contributed by atoms with Crippen LogP contribution in [0.5, 0.6) is 0 Å². The normalized spacial score (nSPS) is 22.1. The van der Waals surface area contributed by atoms with Gasteiger partial charge in [-0.2, -0.15) is 0 Å². The lowest BCUT2D eigenvalue weighted by molar-refractivity contribution is 0.178. The minimum atomic E-state index is 0.396. The van der Waals surface area contributed by atoms with E-state index in [0.717, 1.165) is 22.5 Å². The van der Waals surface area contributed by atoms with Gasteiger partial charge in [0.15, 0.2) is 11.5 Å². The highest BCUT2D eigenvalue weighted by Gasteiger charge is 2.25. The molecule has 1 fully saturated rings. The highest BCUT2D eigenvalue weighted by molar-refractivity contribution is 9.10. The van der Waals surface area contributed by atoms with Crippen molar-refractivity contribution in [3.63, 3.8) is 0 Å². The summed E-state index contributed by atoms with van der Waals surface area (Å²) in [5.41, 5.74) is 0.919. The number of piperidine rings is 1. The second-order valence-corrected chi connectivity index (χ2v) is 5.54. The summed E-state index contributed by atoms with van der Waals surface area (Å²) in [6.07, 6.45) is 5.78. The first kappa shape index (κ1) is 11.2. The fourth-order valence-electron chi connectivity index (χ4n) is 2.51. The zero-order valence-electron chi connectivity index (χ0n) is 9.80. The van der Waals surface area contributed by atoms with E-state index in [1.807, 2.05) is 18.3 Å². The number of aromatic nitrogens is 3. The number of rotatable bonds is 1. The zero-order chi connectivity index (χ0) is 11.8. The topological polar surface area (TPSA) is 33.4 Å². The lowest BCUT2D eigenvalue weighted by Gasteiger charge is -2.31. The average molecular weight is 295 g/mol. The van der Waals surface area contributed by atoms with E-state index in [4.69, 9.17) is 0 Å². The number of hydrogen-bond donors (Lipinski definition) is 0. The molecule has 1 atom stereocenters. The zero-order valence-corrected chi connectivity index (χ0v) is 11.4. The molecule has 3 rings (SSSR count). The van der Waals surface area contributed by atoms with Gasteiger partial charge in [-0.05, 0) is 54.5 Å². The maximum Gasteiger partial charge on any atom is 0.160 e. The fraction of sp³-hybridized carbons (Fsp3) is 0.500. The summed E-state index contributed by atoms with van der Waals surface area (Å²) in [6.45, 7) is 1.15. The van der Waals surface area contributed by atoms with Gasteiger partial charge in [0.1, 0.15) is 0 Å². The predicted molar refractivity (Wildman–Crippen MR) is 69.9 cm³/mol. The number of halogens is 1. The van der Waals surface area contributed by atoms with Gasteiger partial charge in [-0.1, -0.05) is 6.42 Å². The van der Waals surface area contributed by atoms with E-state index in [1.54, 1.807) is 0 Å². The Hall–Kier alpha value is -0.940. The van der Waals surface area contributed by atoms with Gasteiger partial charge in [-0.3, -0.25) is 9.30 Å². The van der Waals surface area contributed by atoms with Crippen LogP contribution in [0.2, 0.25) is 0 Å². The fourth-order valence-corrected chi connectivity index (χ4v) is 2.85. The Kier molecular flexibility index (Phi) is 2.88. The van der Waals surface area contributed by atoms with Crippen molar-refractivity contribution in [2.75, 3.05) is 13.6 Å². The third-order valence-corrected chi connectivity index (χ3v) is 3.93. The summed E-state index contributed by atoms with van der Waals surface area (Å²) in [5, 5.41) is 8.60. The molecule has 5 heteroatoms. The Morgan fingerprint density at radius 2 is 2.18 bits per heavy atom. The van der Waals surface area contributed by atoms with Crippen molar-refractivity contribution in [1.29, 1.82) is 0 Å². The lowest BCUT2D eigenvalue weighted by Crippen LogP contribution is -2.30. The van der Waals surface area contributed by atoms with E-state index in [0.29, 0.717) is 6.04 Å². The lowest BCUT2D eigenvalue weighted by atomic mass is 10.0. The van der Waals surface area contributed by atoms with Crippen LogP contribution in [0.1, 0.15) is 31.1 Å². The van der Waals surface area contributed by atoms with Crippen molar-refractivity contribution >= 4 is 21.6 Å². The monoisotopic (exact) mass is 294 g/mol. The molecule has 90 valence electrons. The molecule has 1 saturated heterocycles. The number of nitrogens with zero attached hydrogens (tertiary/aromatic N) is 4. The molecule has 0 N–H and O–H groups in total. The summed E-state index contributed by atoms with van der Waals surface area (Å²) in [4.78, 5) is 2.38. The summed E-state index contributed by atoms with van der Waals surface area (Å²) in [6, 6.07) is 4.38. The van der Waals surface area contributed by atoms with E-state index in [2.05, 4.69) is 42.5 Å². The van der Waals surface area contributed by atoms with E-state index in [1.165, 1.54) is 19.3 Å². The van der Waals surface area contributed by atoms with E-state index < -0.39 is 0 Å². The molecule has 0 spiro atoms. The van der Waals surface area contributed by atoms with Crippen LogP contribution in [0.25, 0.3) is 5.65 Å². The first-order valence-corrected chi connectivity index (χ1v) is 6.75. The van der Waals surface area contributed by atoms with E-state index in [-0.39, 0.29) is 0 Å². The third-order valence-electron chi connectivity index (χ3n) is 3.46. The second kappa shape index (κ2) is 4.38. The van der Waals surface area contributed by atoms with Crippen LogP contribution >= 0.6 is 15.9 Å². The Labute approximate surface area is 109 Å². The quantitative estimate of drug-likeness (QED) is 0.811. The molecule has 1 aliphatic rings. The molecule has 0 amide bonds. The third kappa shape index (κ3) is 1.98. The smallest absolute Gasteiger partial charge is 0.160 e. The number of hydrogen-bond acceptors (Lipinski definition) is 3. The van der Waals surface area contributed by atoms with Gasteiger partial charge in [-0.25, -0.2) is 0 Å². The van der Waals surface area contributed by atoms with Crippen molar-refractivity contribution < 1.29 is 0 Å². The predicted octanol–water partition coefficient (Wildman–Crippen LogP) is 2.65. The van der Waals surface area contributed by atoms with Crippen molar-refractivity contribution in [2.45, 2.75) is 25.3 Å². The summed E-state index contributed by atoms with van der Waals surface area (Å²) in [7, 11) is 2.17. The van der Waals surface area contributed by atoms with Gasteiger partial charge in [0.2, 0.25) is 0 Å². The van der Waals surface area contributed by atoms with Crippen molar-refractivity contribution in [3.05, 3.63) is 28.6 Å². The Morgan fingerprint density at radius 3 is 3.00 bits per heavy atom. The van der Waals surface area contributed by atoms with Crippen molar-refractivity contribution in [2.24, 2.45) is 0 Å². The van der Waals surface area contributed by atoms with E-state index in [9.17, 15) is 0 Å². The minimum absolute atomic E-state index is 0.396. The molecular formula is C12H15BrN4. The molecular weight excluding hydrogens is 280 g/mol. The van der Waals surface area contributed by atoms with Crippen LogP contribution in [0.15, 0.2) is 22.8 Å². The molecule has 0 aromatic carbocycles. The molecule has 0 saturated carbocycles. The minimum Gasteiger partial charge on any atom is -0.296 e. The molecule has 1 unspecified atom stereocenters. The van der Waals surface area contributed by atoms with Crippen LogP contribution in [0.4, 0.5) is 0 Å². The van der Waals surface area contributed by atoms with Crippen molar-refractivity contribution in [1.82, 2.24) is 19.5 Å². The van der Waals surface area contributed by atoms with Gasteiger partial charge < -0.3 is 0 Å². The largest absolute Gasteiger partial charge is 0.296 e. The van der Waals surface area contributed by atoms with Crippen LogP contribution in [-0.2, 0) is 0 Å². The Morgan fingerprint density at radius 1 is 1.29 bits per heavy atom. The number of likely N-dealkylation sites (tertiary alicyclic amines) is 1. The van der Waals surface area contributed by atoms with Gasteiger partial charge >= 0.3 is 0 Å². The van der Waals surface area contributed by atoms with Crippen LogP contribution < -0.4 is 0 Å². The molecule has 2 aromatic heterocycles. The maximum absolute atomic E-state index is 4.36. The molecule has 4 nitrogen and oxygen atoms in total. The molecule has 0 radical (unpaired) electrons. The average Bonchev–Trinajstić information content (AvgIpc) is 2.72. The highest BCUT2D eigenvalue weighted by Crippen LogP contribution is 2.28. The Balaban J connectivity index is 2.07. The Bertz CT molecular complexity index is 536.